The summed E-state index contributed by atoms with van der Waals surface area (Å²) in [5, 5.41) is 6.47. The average molecular weight is 369 g/mol. The van der Waals surface area contributed by atoms with Crippen molar-refractivity contribution in [2.45, 2.75) is 6.54 Å². The van der Waals surface area contributed by atoms with E-state index in [4.69, 9.17) is 16.3 Å². The molecule has 1 amide bonds. The molecule has 0 saturated heterocycles. The van der Waals surface area contributed by atoms with Gasteiger partial charge < -0.3 is 15.4 Å². The number of amides is 1. The number of halogens is 1. The van der Waals surface area contributed by atoms with Gasteiger partial charge in [-0.1, -0.05) is 35.9 Å². The molecule has 0 bridgehead atoms. The minimum Gasteiger partial charge on any atom is -0.496 e. The summed E-state index contributed by atoms with van der Waals surface area (Å²) in [4.78, 5) is 20.6. The van der Waals surface area contributed by atoms with Crippen LogP contribution in [0.4, 0.5) is 11.6 Å². The maximum atomic E-state index is 12.3. The minimum atomic E-state index is -0.259. The van der Waals surface area contributed by atoms with Gasteiger partial charge in [0.15, 0.2) is 0 Å². The van der Waals surface area contributed by atoms with Gasteiger partial charge in [0.05, 0.1) is 12.7 Å². The zero-order chi connectivity index (χ0) is 18.4. The SMILES string of the molecule is COc1ccccc1CNC(=O)c1cnc(Nc2cccc(Cl)c2)nc1. The number of benzene rings is 2. The van der Waals surface area contributed by atoms with E-state index >= 15 is 0 Å². The summed E-state index contributed by atoms with van der Waals surface area (Å²) in [5.74, 6) is 0.851. The van der Waals surface area contributed by atoms with Crippen LogP contribution in [0.25, 0.3) is 0 Å². The third-order valence-corrected chi connectivity index (χ3v) is 3.86. The molecule has 0 saturated carbocycles. The van der Waals surface area contributed by atoms with E-state index in [1.165, 1.54) is 12.4 Å². The molecule has 0 aliphatic carbocycles. The topological polar surface area (TPSA) is 76.1 Å². The Hall–Kier alpha value is -3.12. The van der Waals surface area contributed by atoms with Crippen molar-refractivity contribution >= 4 is 29.1 Å². The lowest BCUT2D eigenvalue weighted by atomic mass is 10.2. The fraction of sp³-hybridized carbons (Fsp3) is 0.105. The molecule has 2 N–H and O–H groups in total. The Morgan fingerprint density at radius 3 is 2.62 bits per heavy atom. The lowest BCUT2D eigenvalue weighted by molar-refractivity contribution is 0.0950. The Balaban J connectivity index is 1.61. The van der Waals surface area contributed by atoms with Gasteiger partial charge in [0.25, 0.3) is 5.91 Å². The smallest absolute Gasteiger partial charge is 0.254 e. The highest BCUT2D eigenvalue weighted by molar-refractivity contribution is 6.30. The molecule has 0 spiro atoms. The van der Waals surface area contributed by atoms with Crippen molar-refractivity contribution in [1.29, 1.82) is 0 Å². The molecule has 0 aliphatic rings. The fourth-order valence-electron chi connectivity index (χ4n) is 2.33. The number of nitrogens with one attached hydrogen (secondary N) is 2. The number of hydrogen-bond acceptors (Lipinski definition) is 5. The molecule has 3 aromatic rings. The Morgan fingerprint density at radius 2 is 1.88 bits per heavy atom. The van der Waals surface area contributed by atoms with Gasteiger partial charge in [0.2, 0.25) is 5.95 Å². The van der Waals surface area contributed by atoms with Crippen LogP contribution in [0.3, 0.4) is 0 Å². The predicted octanol–water partition coefficient (Wildman–Crippen LogP) is 3.81. The van der Waals surface area contributed by atoms with Gasteiger partial charge in [-0.2, -0.15) is 0 Å². The number of ether oxygens (including phenoxy) is 1. The van der Waals surface area contributed by atoms with Crippen molar-refractivity contribution in [2.24, 2.45) is 0 Å². The van der Waals surface area contributed by atoms with Gasteiger partial charge in [0, 0.05) is 35.2 Å². The summed E-state index contributed by atoms with van der Waals surface area (Å²) in [6.45, 7) is 0.353. The lowest BCUT2D eigenvalue weighted by Crippen LogP contribution is -2.23. The molecule has 1 aromatic heterocycles. The van der Waals surface area contributed by atoms with Crippen molar-refractivity contribution in [1.82, 2.24) is 15.3 Å². The number of hydrogen-bond donors (Lipinski definition) is 2. The fourth-order valence-corrected chi connectivity index (χ4v) is 2.52. The van der Waals surface area contributed by atoms with Crippen LogP contribution >= 0.6 is 11.6 Å². The van der Waals surface area contributed by atoms with E-state index in [-0.39, 0.29) is 5.91 Å². The number of nitrogens with zero attached hydrogens (tertiary/aromatic N) is 2. The first kappa shape index (κ1) is 17.7. The summed E-state index contributed by atoms with van der Waals surface area (Å²) in [6.07, 6.45) is 2.94. The van der Waals surface area contributed by atoms with E-state index in [0.717, 1.165) is 17.0 Å². The molecule has 7 heteroatoms. The lowest BCUT2D eigenvalue weighted by Gasteiger charge is -2.09. The van der Waals surface area contributed by atoms with E-state index in [0.29, 0.717) is 23.1 Å². The molecule has 26 heavy (non-hydrogen) atoms. The summed E-state index contributed by atoms with van der Waals surface area (Å²) in [6, 6.07) is 14.7. The molecule has 0 radical (unpaired) electrons. The predicted molar refractivity (Wildman–Crippen MR) is 101 cm³/mol. The van der Waals surface area contributed by atoms with E-state index in [1.54, 1.807) is 19.2 Å². The van der Waals surface area contributed by atoms with Crippen LogP contribution < -0.4 is 15.4 Å². The monoisotopic (exact) mass is 368 g/mol. The number of anilines is 2. The highest BCUT2D eigenvalue weighted by atomic mass is 35.5. The quantitative estimate of drug-likeness (QED) is 0.691. The van der Waals surface area contributed by atoms with Crippen molar-refractivity contribution in [3.63, 3.8) is 0 Å². The second kappa shape index (κ2) is 8.31. The Labute approximate surface area is 156 Å². The molecule has 0 aliphatic heterocycles. The van der Waals surface area contributed by atoms with Crippen molar-refractivity contribution in [2.75, 3.05) is 12.4 Å². The average Bonchev–Trinajstić information content (AvgIpc) is 2.67. The third-order valence-electron chi connectivity index (χ3n) is 3.63. The van der Waals surface area contributed by atoms with Crippen LogP contribution in [0.1, 0.15) is 15.9 Å². The summed E-state index contributed by atoms with van der Waals surface area (Å²) in [5.41, 5.74) is 2.03. The Kier molecular flexibility index (Phi) is 5.66. The summed E-state index contributed by atoms with van der Waals surface area (Å²) < 4.78 is 5.27. The van der Waals surface area contributed by atoms with E-state index < -0.39 is 0 Å². The first-order valence-corrected chi connectivity index (χ1v) is 8.28. The standard InChI is InChI=1S/C19H17ClN4O2/c1-26-17-8-3-2-5-13(17)10-21-18(25)14-11-22-19(23-12-14)24-16-7-4-6-15(20)9-16/h2-9,11-12H,10H2,1H3,(H,21,25)(H,22,23,24). The number of rotatable bonds is 6. The van der Waals surface area contributed by atoms with Crippen LogP contribution in [0.15, 0.2) is 60.9 Å². The Morgan fingerprint density at radius 1 is 1.12 bits per heavy atom. The van der Waals surface area contributed by atoms with E-state index in [9.17, 15) is 4.79 Å². The van der Waals surface area contributed by atoms with Gasteiger partial charge in [-0.3, -0.25) is 4.79 Å². The molecule has 132 valence electrons. The number of para-hydroxylation sites is 1. The molecular weight excluding hydrogens is 352 g/mol. The van der Waals surface area contributed by atoms with Crippen molar-refractivity contribution in [3.05, 3.63) is 77.1 Å². The highest BCUT2D eigenvalue weighted by Crippen LogP contribution is 2.18. The van der Waals surface area contributed by atoms with Crippen LogP contribution in [0.5, 0.6) is 5.75 Å². The molecule has 2 aromatic carbocycles. The van der Waals surface area contributed by atoms with Crippen LogP contribution in [-0.4, -0.2) is 23.0 Å². The first-order valence-electron chi connectivity index (χ1n) is 7.90. The maximum Gasteiger partial charge on any atom is 0.254 e. The van der Waals surface area contributed by atoms with Crippen molar-refractivity contribution < 1.29 is 9.53 Å². The number of aromatic nitrogens is 2. The number of carbonyl (C=O) groups is 1. The second-order valence-corrected chi connectivity index (χ2v) is 5.86. The maximum absolute atomic E-state index is 12.3. The number of carbonyl (C=O) groups excluding carboxylic acids is 1. The van der Waals surface area contributed by atoms with Crippen LogP contribution in [0.2, 0.25) is 5.02 Å². The van der Waals surface area contributed by atoms with Gasteiger partial charge in [-0.05, 0) is 24.3 Å². The highest BCUT2D eigenvalue weighted by Gasteiger charge is 2.09. The zero-order valence-electron chi connectivity index (χ0n) is 14.1. The summed E-state index contributed by atoms with van der Waals surface area (Å²) in [7, 11) is 1.60. The molecular formula is C19H17ClN4O2. The second-order valence-electron chi connectivity index (χ2n) is 5.43. The molecule has 6 nitrogen and oxygen atoms in total. The van der Waals surface area contributed by atoms with Crippen LogP contribution in [-0.2, 0) is 6.54 Å². The van der Waals surface area contributed by atoms with E-state index in [2.05, 4.69) is 20.6 Å². The van der Waals surface area contributed by atoms with Gasteiger partial charge in [-0.25, -0.2) is 9.97 Å². The Bertz CT molecular complexity index is 900. The normalized spacial score (nSPS) is 10.2. The summed E-state index contributed by atoms with van der Waals surface area (Å²) >= 11 is 5.94. The van der Waals surface area contributed by atoms with E-state index in [1.807, 2.05) is 36.4 Å². The number of methoxy groups -OCH3 is 1. The van der Waals surface area contributed by atoms with Crippen molar-refractivity contribution in [3.8, 4) is 5.75 Å². The van der Waals surface area contributed by atoms with Crippen LogP contribution in [0, 0.1) is 0 Å². The molecule has 0 fully saturated rings. The first-order chi connectivity index (χ1) is 12.7. The third kappa shape index (κ3) is 4.49. The van der Waals surface area contributed by atoms with Gasteiger partial charge >= 0.3 is 0 Å². The molecule has 0 atom stereocenters. The van der Waals surface area contributed by atoms with Gasteiger partial charge in [0.1, 0.15) is 5.75 Å². The molecule has 0 unspecified atom stereocenters. The largest absolute Gasteiger partial charge is 0.496 e. The molecule has 3 rings (SSSR count). The molecule has 1 heterocycles. The minimum absolute atomic E-state index is 0.259. The zero-order valence-corrected chi connectivity index (χ0v) is 14.8. The van der Waals surface area contributed by atoms with Gasteiger partial charge in [-0.15, -0.1) is 0 Å².